The minimum absolute atomic E-state index is 0.374. The zero-order valence-electron chi connectivity index (χ0n) is 7.90. The number of anilines is 2. The summed E-state index contributed by atoms with van der Waals surface area (Å²) in [6.07, 6.45) is 1.39. The number of ether oxygens (including phenoxy) is 1. The Kier molecular flexibility index (Phi) is 2.86. The molecule has 1 aromatic rings. The fourth-order valence-electron chi connectivity index (χ4n) is 0.843. The Morgan fingerprint density at radius 2 is 2.15 bits per heavy atom. The first-order valence-corrected chi connectivity index (χ1v) is 3.73. The molecule has 1 aromatic heterocycles. The van der Waals surface area contributed by atoms with Gasteiger partial charge in [0.2, 0.25) is 5.88 Å². The number of hydrogen-bond acceptors (Lipinski definition) is 6. The molecular formula is C7H13N5O. The number of nitrogen functional groups attached to an aromatic ring is 1. The van der Waals surface area contributed by atoms with E-state index in [4.69, 9.17) is 10.5 Å². The van der Waals surface area contributed by atoms with E-state index >= 15 is 0 Å². The second-order valence-electron chi connectivity index (χ2n) is 2.65. The molecule has 13 heavy (non-hydrogen) atoms. The molecule has 0 saturated carbocycles. The maximum absolute atomic E-state index is 5.70. The predicted molar refractivity (Wildman–Crippen MR) is 50.3 cm³/mol. The third-order valence-electron chi connectivity index (χ3n) is 1.37. The van der Waals surface area contributed by atoms with E-state index in [1.54, 1.807) is 5.01 Å². The van der Waals surface area contributed by atoms with Gasteiger partial charge in [0, 0.05) is 14.1 Å². The lowest BCUT2D eigenvalue weighted by molar-refractivity contribution is 0.398. The molecule has 0 bridgehead atoms. The van der Waals surface area contributed by atoms with Crippen molar-refractivity contribution in [2.24, 2.45) is 0 Å². The first-order chi connectivity index (χ1) is 6.15. The minimum Gasteiger partial charge on any atom is -0.479 e. The van der Waals surface area contributed by atoms with Gasteiger partial charge < -0.3 is 15.9 Å². The molecule has 0 aliphatic carbocycles. The van der Waals surface area contributed by atoms with Crippen LogP contribution in [0.5, 0.6) is 5.88 Å². The summed E-state index contributed by atoms with van der Waals surface area (Å²) in [5.41, 5.74) is 9.03. The third-order valence-corrected chi connectivity index (χ3v) is 1.37. The van der Waals surface area contributed by atoms with Crippen LogP contribution in [0.15, 0.2) is 6.33 Å². The summed E-state index contributed by atoms with van der Waals surface area (Å²) in [6, 6.07) is 0. The van der Waals surface area contributed by atoms with Crippen molar-refractivity contribution in [1.82, 2.24) is 15.0 Å². The lowest BCUT2D eigenvalue weighted by Crippen LogP contribution is -2.21. The summed E-state index contributed by atoms with van der Waals surface area (Å²) in [5, 5.41) is 1.73. The van der Waals surface area contributed by atoms with E-state index in [0.29, 0.717) is 17.4 Å². The van der Waals surface area contributed by atoms with Crippen molar-refractivity contribution in [1.29, 1.82) is 0 Å². The number of hydrogen-bond donors (Lipinski definition) is 2. The summed E-state index contributed by atoms with van der Waals surface area (Å²) in [7, 11) is 5.19. The number of aromatic nitrogens is 2. The van der Waals surface area contributed by atoms with Crippen LogP contribution in [0.3, 0.4) is 0 Å². The van der Waals surface area contributed by atoms with Gasteiger partial charge in [0.1, 0.15) is 12.0 Å². The van der Waals surface area contributed by atoms with E-state index in [2.05, 4.69) is 15.4 Å². The van der Waals surface area contributed by atoms with Gasteiger partial charge in [-0.2, -0.15) is 4.98 Å². The molecule has 0 radical (unpaired) electrons. The number of nitrogens with one attached hydrogen (secondary N) is 1. The van der Waals surface area contributed by atoms with E-state index in [1.165, 1.54) is 13.4 Å². The second-order valence-corrected chi connectivity index (χ2v) is 2.65. The molecule has 1 rings (SSSR count). The average Bonchev–Trinajstić information content (AvgIpc) is 2.08. The van der Waals surface area contributed by atoms with Crippen LogP contribution >= 0.6 is 0 Å². The largest absolute Gasteiger partial charge is 0.479 e. The van der Waals surface area contributed by atoms with Crippen LogP contribution in [0.25, 0.3) is 0 Å². The topological polar surface area (TPSA) is 76.3 Å². The molecule has 0 atom stereocenters. The standard InChI is InChI=1S/C7H13N5O/c1-12(2)11-6-5(8)7(13-3)10-4-9-6/h4H,8H2,1-3H3,(H,9,10,11). The summed E-state index contributed by atoms with van der Waals surface area (Å²) in [4.78, 5) is 7.81. The van der Waals surface area contributed by atoms with E-state index in [1.807, 2.05) is 14.1 Å². The van der Waals surface area contributed by atoms with Crippen molar-refractivity contribution in [3.63, 3.8) is 0 Å². The number of nitrogens with zero attached hydrogens (tertiary/aromatic N) is 3. The van der Waals surface area contributed by atoms with Gasteiger partial charge in [0.15, 0.2) is 5.82 Å². The van der Waals surface area contributed by atoms with Crippen molar-refractivity contribution >= 4 is 11.5 Å². The molecule has 1 heterocycles. The second kappa shape index (κ2) is 3.90. The van der Waals surface area contributed by atoms with Crippen LogP contribution in [-0.2, 0) is 0 Å². The molecule has 0 spiro atoms. The van der Waals surface area contributed by atoms with Crippen LogP contribution in [0.1, 0.15) is 0 Å². The van der Waals surface area contributed by atoms with Crippen LogP contribution < -0.4 is 15.9 Å². The van der Waals surface area contributed by atoms with Gasteiger partial charge in [-0.25, -0.2) is 9.99 Å². The van der Waals surface area contributed by atoms with E-state index in [9.17, 15) is 0 Å². The summed E-state index contributed by atoms with van der Waals surface area (Å²) < 4.78 is 4.93. The SMILES string of the molecule is COc1ncnc(NN(C)C)c1N. The molecule has 6 nitrogen and oxygen atoms in total. The van der Waals surface area contributed by atoms with E-state index < -0.39 is 0 Å². The van der Waals surface area contributed by atoms with Gasteiger partial charge in [-0.3, -0.25) is 0 Å². The fraction of sp³-hybridized carbons (Fsp3) is 0.429. The van der Waals surface area contributed by atoms with Gasteiger partial charge >= 0.3 is 0 Å². The maximum atomic E-state index is 5.70. The molecule has 6 heteroatoms. The summed E-state index contributed by atoms with van der Waals surface area (Å²) in [6.45, 7) is 0. The molecule has 0 unspecified atom stereocenters. The highest BCUT2D eigenvalue weighted by Gasteiger charge is 2.07. The number of nitrogens with two attached hydrogens (primary N) is 1. The monoisotopic (exact) mass is 183 g/mol. The maximum Gasteiger partial charge on any atom is 0.242 e. The van der Waals surface area contributed by atoms with Crippen molar-refractivity contribution in [2.75, 3.05) is 32.4 Å². The van der Waals surface area contributed by atoms with Gasteiger partial charge in [-0.15, -0.1) is 0 Å². The minimum atomic E-state index is 0.374. The Bertz CT molecular complexity index is 288. The van der Waals surface area contributed by atoms with Gasteiger partial charge in [0.05, 0.1) is 7.11 Å². The Balaban J connectivity index is 2.94. The Morgan fingerprint density at radius 3 is 2.69 bits per heavy atom. The Labute approximate surface area is 76.7 Å². The van der Waals surface area contributed by atoms with Gasteiger partial charge in [-0.05, 0) is 0 Å². The first kappa shape index (κ1) is 9.53. The molecule has 0 saturated heterocycles. The average molecular weight is 183 g/mol. The van der Waals surface area contributed by atoms with Crippen molar-refractivity contribution in [3.8, 4) is 5.88 Å². The molecule has 3 N–H and O–H groups in total. The number of rotatable bonds is 3. The third kappa shape index (κ3) is 2.19. The fourth-order valence-corrected chi connectivity index (χ4v) is 0.843. The highest BCUT2D eigenvalue weighted by atomic mass is 16.5. The van der Waals surface area contributed by atoms with E-state index in [-0.39, 0.29) is 0 Å². The lowest BCUT2D eigenvalue weighted by Gasteiger charge is -2.14. The van der Waals surface area contributed by atoms with Crippen molar-refractivity contribution in [2.45, 2.75) is 0 Å². The van der Waals surface area contributed by atoms with Gasteiger partial charge in [-0.1, -0.05) is 0 Å². The Hall–Kier alpha value is -1.56. The molecule has 0 aliphatic rings. The quantitative estimate of drug-likeness (QED) is 0.640. The molecule has 0 fully saturated rings. The molecule has 72 valence electrons. The summed E-state index contributed by atoms with van der Waals surface area (Å²) >= 11 is 0. The molecule has 0 aromatic carbocycles. The van der Waals surface area contributed by atoms with E-state index in [0.717, 1.165) is 0 Å². The number of hydrazine groups is 1. The first-order valence-electron chi connectivity index (χ1n) is 3.73. The summed E-state index contributed by atoms with van der Waals surface area (Å²) in [5.74, 6) is 0.913. The number of methoxy groups -OCH3 is 1. The highest BCUT2D eigenvalue weighted by molar-refractivity contribution is 5.65. The predicted octanol–water partition coefficient (Wildman–Crippen LogP) is -0.0441. The Morgan fingerprint density at radius 1 is 1.46 bits per heavy atom. The smallest absolute Gasteiger partial charge is 0.242 e. The van der Waals surface area contributed by atoms with Gasteiger partial charge in [0.25, 0.3) is 0 Å². The molecule has 0 amide bonds. The zero-order chi connectivity index (χ0) is 9.84. The molecular weight excluding hydrogens is 170 g/mol. The zero-order valence-corrected chi connectivity index (χ0v) is 7.90. The normalized spacial score (nSPS) is 10.2. The van der Waals surface area contributed by atoms with Crippen LogP contribution in [-0.4, -0.2) is 36.2 Å². The highest BCUT2D eigenvalue weighted by Crippen LogP contribution is 2.23. The van der Waals surface area contributed by atoms with Crippen molar-refractivity contribution in [3.05, 3.63) is 6.33 Å². The molecule has 0 aliphatic heterocycles. The van der Waals surface area contributed by atoms with Crippen molar-refractivity contribution < 1.29 is 4.74 Å². The van der Waals surface area contributed by atoms with Crippen LogP contribution in [0.2, 0.25) is 0 Å². The van der Waals surface area contributed by atoms with Crippen LogP contribution in [0, 0.1) is 0 Å². The van der Waals surface area contributed by atoms with Crippen LogP contribution in [0.4, 0.5) is 11.5 Å². The lowest BCUT2D eigenvalue weighted by atomic mass is 10.5.